The number of hydrogen-bond acceptors (Lipinski definition) is 3. The molecule has 0 radical (unpaired) electrons. The first-order valence-corrected chi connectivity index (χ1v) is 9.72. The highest BCUT2D eigenvalue weighted by molar-refractivity contribution is 5.52. The summed E-state index contributed by atoms with van der Waals surface area (Å²) in [5, 5.41) is 9.57. The maximum Gasteiger partial charge on any atom is 0.416 e. The summed E-state index contributed by atoms with van der Waals surface area (Å²) in [5.74, 6) is -1.40. The molecule has 3 rings (SSSR count). The lowest BCUT2D eigenvalue weighted by molar-refractivity contribution is -0.200. The van der Waals surface area contributed by atoms with Crippen molar-refractivity contribution < 1.29 is 45.0 Å². The molecule has 182 valence electrons. The van der Waals surface area contributed by atoms with Gasteiger partial charge < -0.3 is 14.7 Å². The Kier molecular flexibility index (Phi) is 7.35. The third-order valence-electron chi connectivity index (χ3n) is 4.74. The van der Waals surface area contributed by atoms with Gasteiger partial charge in [0.25, 0.3) is 0 Å². The largest absolute Gasteiger partial charge is 0.457 e. The summed E-state index contributed by atoms with van der Waals surface area (Å²) in [5.41, 5.74) is -1.49. The third kappa shape index (κ3) is 6.60. The Morgan fingerprint density at radius 1 is 0.824 bits per heavy atom. The Morgan fingerprint density at radius 3 is 2.09 bits per heavy atom. The average molecular weight is 491 g/mol. The van der Waals surface area contributed by atoms with Gasteiger partial charge in [-0.15, -0.1) is 0 Å². The molecule has 3 nitrogen and oxygen atoms in total. The van der Waals surface area contributed by atoms with Crippen molar-refractivity contribution in [2.75, 3.05) is 11.4 Å². The fourth-order valence-electron chi connectivity index (χ4n) is 3.01. The van der Waals surface area contributed by atoms with Crippen molar-refractivity contribution in [2.45, 2.75) is 25.0 Å². The van der Waals surface area contributed by atoms with Crippen LogP contribution in [0.5, 0.6) is 11.5 Å². The first-order valence-electron chi connectivity index (χ1n) is 9.72. The smallest absolute Gasteiger partial charge is 0.416 e. The highest BCUT2D eigenvalue weighted by Crippen LogP contribution is 2.32. The van der Waals surface area contributed by atoms with Crippen molar-refractivity contribution in [1.82, 2.24) is 0 Å². The van der Waals surface area contributed by atoms with Gasteiger partial charge in [0, 0.05) is 23.9 Å². The minimum Gasteiger partial charge on any atom is -0.457 e. The number of halogens is 8. The number of aliphatic hydroxyl groups is 1. The van der Waals surface area contributed by atoms with Gasteiger partial charge in [-0.2, -0.15) is 26.3 Å². The van der Waals surface area contributed by atoms with E-state index in [2.05, 4.69) is 0 Å². The molecule has 1 atom stereocenters. The van der Waals surface area contributed by atoms with Crippen molar-refractivity contribution in [3.8, 4) is 11.5 Å². The summed E-state index contributed by atoms with van der Waals surface area (Å²) in [4.78, 5) is 0.960. The molecule has 0 aromatic heterocycles. The zero-order valence-electron chi connectivity index (χ0n) is 17.2. The fraction of sp³-hybridized carbons (Fsp3) is 0.217. The predicted octanol–water partition coefficient (Wildman–Crippen LogP) is 6.71. The Labute approximate surface area is 188 Å². The quantitative estimate of drug-likeness (QED) is 0.373. The lowest BCUT2D eigenvalue weighted by Gasteiger charge is -2.29. The standard InChI is InChI=1S/C23H17F8NO2/c24-16-6-8-18(9-7-16)34-19-3-1-2-17(11-19)32(13-21(33)23(29,30)31)12-14-4-5-15(10-20(14)25)22(26,27)28/h1-11,21,33H,12-13H2/t21-/m1/s1. The zero-order chi connectivity index (χ0) is 25.1. The number of benzene rings is 3. The van der Waals surface area contributed by atoms with E-state index in [0.717, 1.165) is 23.1 Å². The molecular weight excluding hydrogens is 474 g/mol. The Hall–Kier alpha value is -3.34. The number of hydrogen-bond donors (Lipinski definition) is 1. The molecule has 0 aliphatic carbocycles. The van der Waals surface area contributed by atoms with E-state index < -0.39 is 48.7 Å². The first kappa shape index (κ1) is 25.3. The summed E-state index contributed by atoms with van der Waals surface area (Å²) in [6.45, 7) is -1.60. The molecule has 1 N–H and O–H groups in total. The third-order valence-corrected chi connectivity index (χ3v) is 4.74. The highest BCUT2D eigenvalue weighted by Gasteiger charge is 2.39. The Balaban J connectivity index is 1.91. The highest BCUT2D eigenvalue weighted by atomic mass is 19.4. The minimum absolute atomic E-state index is 0.0715. The fourth-order valence-corrected chi connectivity index (χ4v) is 3.01. The molecular formula is C23H17F8NO2. The summed E-state index contributed by atoms with van der Waals surface area (Å²) in [6, 6.07) is 12.2. The van der Waals surface area contributed by atoms with Gasteiger partial charge in [-0.05, 0) is 48.5 Å². The van der Waals surface area contributed by atoms with E-state index in [1.165, 1.54) is 36.4 Å². The average Bonchev–Trinajstić information content (AvgIpc) is 2.75. The van der Waals surface area contributed by atoms with Crippen LogP contribution in [-0.4, -0.2) is 23.9 Å². The summed E-state index contributed by atoms with van der Waals surface area (Å²) in [7, 11) is 0. The van der Waals surface area contributed by atoms with Gasteiger partial charge in [-0.1, -0.05) is 12.1 Å². The van der Waals surface area contributed by atoms with Gasteiger partial charge in [0.2, 0.25) is 0 Å². The molecule has 0 bridgehead atoms. The van der Waals surface area contributed by atoms with Crippen molar-refractivity contribution in [3.63, 3.8) is 0 Å². The van der Waals surface area contributed by atoms with Gasteiger partial charge in [0.05, 0.1) is 12.1 Å². The topological polar surface area (TPSA) is 32.7 Å². The molecule has 0 heterocycles. The Bertz CT molecular complexity index is 1110. The number of alkyl halides is 6. The molecule has 3 aromatic rings. The van der Waals surface area contributed by atoms with E-state index in [-0.39, 0.29) is 28.8 Å². The molecule has 3 aromatic carbocycles. The van der Waals surface area contributed by atoms with E-state index in [9.17, 15) is 40.2 Å². The van der Waals surface area contributed by atoms with Crippen LogP contribution in [0.25, 0.3) is 0 Å². The summed E-state index contributed by atoms with van der Waals surface area (Å²) < 4.78 is 110. The monoisotopic (exact) mass is 491 g/mol. The van der Waals surface area contributed by atoms with Crippen LogP contribution in [0, 0.1) is 11.6 Å². The molecule has 0 amide bonds. The maximum atomic E-state index is 14.4. The molecule has 0 saturated heterocycles. The van der Waals surface area contributed by atoms with Crippen molar-refractivity contribution >= 4 is 5.69 Å². The van der Waals surface area contributed by atoms with Crippen LogP contribution in [0.2, 0.25) is 0 Å². The van der Waals surface area contributed by atoms with Crippen LogP contribution in [0.3, 0.4) is 0 Å². The molecule has 0 saturated carbocycles. The van der Waals surface area contributed by atoms with Crippen molar-refractivity contribution in [2.24, 2.45) is 0 Å². The van der Waals surface area contributed by atoms with E-state index in [1.807, 2.05) is 0 Å². The van der Waals surface area contributed by atoms with Crippen LogP contribution >= 0.6 is 0 Å². The molecule has 0 aliphatic heterocycles. The van der Waals surface area contributed by atoms with E-state index in [1.54, 1.807) is 0 Å². The molecule has 0 spiro atoms. The maximum absolute atomic E-state index is 14.4. The number of nitrogens with zero attached hydrogens (tertiary/aromatic N) is 1. The van der Waals surface area contributed by atoms with E-state index in [0.29, 0.717) is 6.07 Å². The molecule has 34 heavy (non-hydrogen) atoms. The van der Waals surface area contributed by atoms with Crippen LogP contribution in [0.4, 0.5) is 40.8 Å². The van der Waals surface area contributed by atoms with Crippen LogP contribution in [-0.2, 0) is 12.7 Å². The second-order valence-corrected chi connectivity index (χ2v) is 7.30. The van der Waals surface area contributed by atoms with Gasteiger partial charge in [-0.3, -0.25) is 0 Å². The molecule has 0 fully saturated rings. The van der Waals surface area contributed by atoms with Gasteiger partial charge >= 0.3 is 12.4 Å². The number of ether oxygens (including phenoxy) is 1. The normalized spacial score (nSPS) is 13.0. The van der Waals surface area contributed by atoms with Crippen molar-refractivity contribution in [3.05, 3.63) is 89.5 Å². The molecule has 11 heteroatoms. The van der Waals surface area contributed by atoms with Crippen molar-refractivity contribution in [1.29, 1.82) is 0 Å². The number of rotatable bonds is 7. The lowest BCUT2D eigenvalue weighted by Crippen LogP contribution is -2.41. The minimum atomic E-state index is -4.99. The predicted molar refractivity (Wildman–Crippen MR) is 107 cm³/mol. The summed E-state index contributed by atoms with van der Waals surface area (Å²) >= 11 is 0. The summed E-state index contributed by atoms with van der Waals surface area (Å²) in [6.07, 6.45) is -12.6. The van der Waals surface area contributed by atoms with Gasteiger partial charge in [0.15, 0.2) is 6.10 Å². The van der Waals surface area contributed by atoms with Crippen LogP contribution in [0.1, 0.15) is 11.1 Å². The van der Waals surface area contributed by atoms with E-state index >= 15 is 0 Å². The van der Waals surface area contributed by atoms with Crippen LogP contribution in [0.15, 0.2) is 66.7 Å². The Morgan fingerprint density at radius 2 is 1.50 bits per heavy atom. The molecule has 0 aliphatic rings. The second kappa shape index (κ2) is 9.88. The van der Waals surface area contributed by atoms with Gasteiger partial charge in [-0.25, -0.2) is 8.78 Å². The lowest BCUT2D eigenvalue weighted by atomic mass is 10.1. The zero-order valence-corrected chi connectivity index (χ0v) is 17.2. The van der Waals surface area contributed by atoms with Crippen LogP contribution < -0.4 is 9.64 Å². The van der Waals surface area contributed by atoms with Gasteiger partial charge in [0.1, 0.15) is 23.1 Å². The van der Waals surface area contributed by atoms with E-state index in [4.69, 9.17) is 4.74 Å². The number of aliphatic hydroxyl groups excluding tert-OH is 1. The SMILES string of the molecule is O[C@H](CN(Cc1ccc(C(F)(F)F)cc1F)c1cccc(Oc2ccc(F)cc2)c1)C(F)(F)F. The second-order valence-electron chi connectivity index (χ2n) is 7.30. The first-order chi connectivity index (χ1) is 15.8. The molecule has 0 unspecified atom stereocenters. The number of anilines is 1.